The number of nitrogens with one attached hydrogen (secondary N) is 1. The van der Waals surface area contributed by atoms with Gasteiger partial charge in [0.15, 0.2) is 0 Å². The Hall–Kier alpha value is -2.67. The number of morpholine rings is 1. The molecule has 2 heterocycles. The van der Waals surface area contributed by atoms with E-state index >= 15 is 0 Å². The lowest BCUT2D eigenvalue weighted by atomic mass is 10.0. The zero-order chi connectivity index (χ0) is 18.9. The first kappa shape index (κ1) is 17.7. The Bertz CT molecular complexity index is 844. The maximum Gasteiger partial charge on any atom is 0.132 e. The predicted octanol–water partition coefficient (Wildman–Crippen LogP) is 2.63. The third-order valence-electron chi connectivity index (χ3n) is 5.32. The molecule has 1 aliphatic carbocycles. The molecule has 3 N–H and O–H groups in total. The Kier molecular flexibility index (Phi) is 4.70. The third-order valence-corrected chi connectivity index (χ3v) is 5.32. The summed E-state index contributed by atoms with van der Waals surface area (Å²) >= 11 is 0. The van der Waals surface area contributed by atoms with E-state index < -0.39 is 0 Å². The van der Waals surface area contributed by atoms with Crippen LogP contribution in [0.3, 0.4) is 0 Å². The number of hydrogen-bond acceptors (Lipinski definition) is 7. The smallest absolute Gasteiger partial charge is 0.132 e. The van der Waals surface area contributed by atoms with Crippen molar-refractivity contribution in [3.05, 3.63) is 41.9 Å². The Labute approximate surface area is 159 Å². The van der Waals surface area contributed by atoms with Gasteiger partial charge in [-0.25, -0.2) is 9.97 Å². The van der Waals surface area contributed by atoms with Crippen LogP contribution in [-0.2, 0) is 4.74 Å². The molecule has 0 spiro atoms. The molecule has 1 aliphatic heterocycles. The summed E-state index contributed by atoms with van der Waals surface area (Å²) in [4.78, 5) is 10.8. The zero-order valence-corrected chi connectivity index (χ0v) is 15.6. The number of nitrogens with zero attached hydrogens (tertiary/aromatic N) is 3. The van der Waals surface area contributed by atoms with Crippen LogP contribution in [0, 0.1) is 5.41 Å². The van der Waals surface area contributed by atoms with Gasteiger partial charge in [0.25, 0.3) is 0 Å². The van der Waals surface area contributed by atoms with E-state index in [0.29, 0.717) is 30.2 Å². The monoisotopic (exact) mass is 367 g/mol. The van der Waals surface area contributed by atoms with Gasteiger partial charge >= 0.3 is 0 Å². The fraction of sp³-hybridized carbons (Fsp3) is 0.450. The number of nitrogen functional groups attached to an aromatic ring is 1. The van der Waals surface area contributed by atoms with Crippen molar-refractivity contribution in [2.45, 2.75) is 31.8 Å². The van der Waals surface area contributed by atoms with E-state index in [2.05, 4.69) is 21.8 Å². The molecular formula is C20H25N5O2. The highest BCUT2D eigenvalue weighted by Crippen LogP contribution is 2.43. The molecule has 4 rings (SSSR count). The van der Waals surface area contributed by atoms with Crippen LogP contribution in [0.2, 0.25) is 0 Å². The molecule has 142 valence electrons. The second-order valence-corrected chi connectivity index (χ2v) is 7.12. The molecule has 2 aliphatic rings. The number of benzene rings is 1. The van der Waals surface area contributed by atoms with Crippen LogP contribution in [0.5, 0.6) is 5.75 Å². The Morgan fingerprint density at radius 3 is 2.74 bits per heavy atom. The van der Waals surface area contributed by atoms with Crippen molar-refractivity contribution in [2.24, 2.45) is 0 Å². The van der Waals surface area contributed by atoms with E-state index in [0.717, 1.165) is 43.9 Å². The highest BCUT2D eigenvalue weighted by Gasteiger charge is 2.43. The Morgan fingerprint density at radius 1 is 1.26 bits per heavy atom. The van der Waals surface area contributed by atoms with Gasteiger partial charge in [0.05, 0.1) is 24.6 Å². The van der Waals surface area contributed by atoms with Crippen LogP contribution in [0.25, 0.3) is 0 Å². The summed E-state index contributed by atoms with van der Waals surface area (Å²) in [6, 6.07) is 7.37. The molecule has 0 atom stereocenters. The minimum atomic E-state index is -0.0337. The summed E-state index contributed by atoms with van der Waals surface area (Å²) in [5.74, 6) is 1.56. The van der Waals surface area contributed by atoms with Crippen molar-refractivity contribution in [2.75, 3.05) is 36.9 Å². The quantitative estimate of drug-likeness (QED) is 0.602. The first-order valence-corrected chi connectivity index (χ1v) is 9.43. The highest BCUT2D eigenvalue weighted by atomic mass is 16.5. The van der Waals surface area contributed by atoms with Gasteiger partial charge in [-0.3, -0.25) is 5.41 Å². The summed E-state index contributed by atoms with van der Waals surface area (Å²) in [5.41, 5.74) is 8.11. The van der Waals surface area contributed by atoms with Crippen LogP contribution in [0.4, 0.5) is 11.5 Å². The first-order chi connectivity index (χ1) is 13.1. The molecule has 2 aromatic rings. The molecule has 1 saturated carbocycles. The summed E-state index contributed by atoms with van der Waals surface area (Å²) in [6.45, 7) is 5.08. The number of hydrogen-bond donors (Lipinski definition) is 2. The molecule has 7 heteroatoms. The van der Waals surface area contributed by atoms with Gasteiger partial charge in [0.2, 0.25) is 0 Å². The summed E-state index contributed by atoms with van der Waals surface area (Å²) in [7, 11) is 0. The fourth-order valence-electron chi connectivity index (χ4n) is 3.32. The predicted molar refractivity (Wildman–Crippen MR) is 105 cm³/mol. The van der Waals surface area contributed by atoms with E-state index in [1.807, 2.05) is 18.2 Å². The molecule has 0 radical (unpaired) electrons. The molecule has 0 amide bonds. The maximum absolute atomic E-state index is 8.64. The number of ether oxygens (including phenoxy) is 2. The molecule has 0 unspecified atom stereocenters. The molecule has 0 bridgehead atoms. The minimum absolute atomic E-state index is 0.0337. The number of nitrogens with two attached hydrogens (primary N) is 1. The maximum atomic E-state index is 8.64. The first-order valence-electron chi connectivity index (χ1n) is 9.43. The van der Waals surface area contributed by atoms with Crippen LogP contribution in [-0.4, -0.2) is 47.6 Å². The van der Waals surface area contributed by atoms with Crippen LogP contribution in [0.15, 0.2) is 30.6 Å². The minimum Gasteiger partial charge on any atom is -0.487 e. The molecule has 1 aromatic carbocycles. The Balaban J connectivity index is 1.58. The number of rotatable bonds is 6. The van der Waals surface area contributed by atoms with E-state index in [1.165, 1.54) is 6.33 Å². The van der Waals surface area contributed by atoms with E-state index in [9.17, 15) is 0 Å². The van der Waals surface area contributed by atoms with Crippen molar-refractivity contribution >= 4 is 17.2 Å². The fourth-order valence-corrected chi connectivity index (χ4v) is 3.32. The topological polar surface area (TPSA) is 97.4 Å². The van der Waals surface area contributed by atoms with Gasteiger partial charge in [-0.1, -0.05) is 6.92 Å². The SMILES string of the molecule is CCC1(Oc2ccc(N)c(C(=N)c3cc(N4CCOCC4)ncn3)c2)CC1. The van der Waals surface area contributed by atoms with Crippen LogP contribution in [0.1, 0.15) is 37.4 Å². The van der Waals surface area contributed by atoms with Crippen molar-refractivity contribution in [1.82, 2.24) is 9.97 Å². The number of anilines is 2. The lowest BCUT2D eigenvalue weighted by molar-refractivity contribution is 0.122. The van der Waals surface area contributed by atoms with Crippen molar-refractivity contribution in [1.29, 1.82) is 5.41 Å². The number of aromatic nitrogens is 2. The largest absolute Gasteiger partial charge is 0.487 e. The summed E-state index contributed by atoms with van der Waals surface area (Å²) in [5, 5.41) is 8.64. The van der Waals surface area contributed by atoms with Gasteiger partial charge in [-0.2, -0.15) is 0 Å². The molecule has 27 heavy (non-hydrogen) atoms. The van der Waals surface area contributed by atoms with Gasteiger partial charge in [0.1, 0.15) is 23.5 Å². The second kappa shape index (κ2) is 7.15. The normalized spacial score (nSPS) is 18.2. The molecule has 1 aromatic heterocycles. The van der Waals surface area contributed by atoms with E-state index in [4.69, 9.17) is 20.6 Å². The van der Waals surface area contributed by atoms with Gasteiger partial charge in [-0.15, -0.1) is 0 Å². The molecular weight excluding hydrogens is 342 g/mol. The third kappa shape index (κ3) is 3.73. The Morgan fingerprint density at radius 2 is 2.04 bits per heavy atom. The zero-order valence-electron chi connectivity index (χ0n) is 15.6. The van der Waals surface area contributed by atoms with Gasteiger partial charge in [0, 0.05) is 30.4 Å². The van der Waals surface area contributed by atoms with E-state index in [-0.39, 0.29) is 11.3 Å². The van der Waals surface area contributed by atoms with Crippen LogP contribution >= 0.6 is 0 Å². The van der Waals surface area contributed by atoms with E-state index in [1.54, 1.807) is 6.07 Å². The van der Waals surface area contributed by atoms with Crippen molar-refractivity contribution < 1.29 is 9.47 Å². The lowest BCUT2D eigenvalue weighted by Crippen LogP contribution is -2.36. The van der Waals surface area contributed by atoms with Crippen LogP contribution < -0.4 is 15.4 Å². The lowest BCUT2D eigenvalue weighted by Gasteiger charge is -2.27. The van der Waals surface area contributed by atoms with Gasteiger partial charge < -0.3 is 20.1 Å². The molecule has 7 nitrogen and oxygen atoms in total. The average Bonchev–Trinajstić information content (AvgIpc) is 3.50. The van der Waals surface area contributed by atoms with Crippen molar-refractivity contribution in [3.8, 4) is 5.75 Å². The average molecular weight is 367 g/mol. The standard InChI is InChI=1S/C20H25N5O2/c1-2-20(5-6-20)27-14-3-4-16(21)15(11-14)19(22)17-12-18(24-13-23-17)25-7-9-26-10-8-25/h3-4,11-13,22H,2,5-10,21H2,1H3. The summed E-state index contributed by atoms with van der Waals surface area (Å²) < 4.78 is 11.5. The molecule has 1 saturated heterocycles. The molecule has 2 fully saturated rings. The summed E-state index contributed by atoms with van der Waals surface area (Å²) in [6.07, 6.45) is 4.64. The van der Waals surface area contributed by atoms with Crippen molar-refractivity contribution in [3.63, 3.8) is 0 Å². The highest BCUT2D eigenvalue weighted by molar-refractivity contribution is 6.13. The second-order valence-electron chi connectivity index (χ2n) is 7.12. The van der Waals surface area contributed by atoms with Gasteiger partial charge in [-0.05, 0) is 37.5 Å².